The maximum absolute atomic E-state index is 14.2. The smallest absolute Gasteiger partial charge is 0.236 e. The summed E-state index contributed by atoms with van der Waals surface area (Å²) in [6.45, 7) is 0. The second-order valence-corrected chi connectivity index (χ2v) is 8.19. The lowest BCUT2D eigenvalue weighted by Crippen LogP contribution is -2.01. The van der Waals surface area contributed by atoms with Crippen LogP contribution in [-0.4, -0.2) is 19.7 Å². The molecule has 1 aliphatic rings. The van der Waals surface area contributed by atoms with Gasteiger partial charge in [0.05, 0.1) is 16.1 Å². The molecule has 0 amide bonds. The van der Waals surface area contributed by atoms with Gasteiger partial charge in [-0.3, -0.25) is 4.57 Å². The van der Waals surface area contributed by atoms with Crippen molar-refractivity contribution in [2.24, 2.45) is 0 Å². The number of halogens is 1. The van der Waals surface area contributed by atoms with Crippen molar-refractivity contribution >= 4 is 23.1 Å². The Labute approximate surface area is 163 Å². The molecule has 1 aromatic carbocycles. The van der Waals surface area contributed by atoms with Crippen LogP contribution < -0.4 is 0 Å². The third-order valence-corrected chi connectivity index (χ3v) is 6.16. The molecule has 0 N–H and O–H groups in total. The van der Waals surface area contributed by atoms with Crippen molar-refractivity contribution in [1.29, 1.82) is 0 Å². The third-order valence-electron chi connectivity index (χ3n) is 4.32. The first-order valence-electron chi connectivity index (χ1n) is 8.60. The Bertz CT molecular complexity index is 1070. The third kappa shape index (κ3) is 3.30. The molecule has 27 heavy (non-hydrogen) atoms. The molecule has 0 spiro atoms. The highest BCUT2D eigenvalue weighted by atomic mass is 32.2. The van der Waals surface area contributed by atoms with Crippen LogP contribution in [-0.2, 0) is 5.75 Å². The van der Waals surface area contributed by atoms with Crippen molar-refractivity contribution in [1.82, 2.24) is 19.7 Å². The zero-order valence-corrected chi connectivity index (χ0v) is 15.8. The van der Waals surface area contributed by atoms with Gasteiger partial charge in [0.1, 0.15) is 12.1 Å². The lowest BCUT2D eigenvalue weighted by atomic mass is 10.2. The molecule has 0 bridgehead atoms. The van der Waals surface area contributed by atoms with Crippen molar-refractivity contribution in [2.75, 3.05) is 0 Å². The van der Waals surface area contributed by atoms with Crippen molar-refractivity contribution < 1.29 is 8.81 Å². The van der Waals surface area contributed by atoms with Gasteiger partial charge in [0.2, 0.25) is 5.89 Å². The van der Waals surface area contributed by atoms with Gasteiger partial charge in [-0.2, -0.15) is 0 Å². The van der Waals surface area contributed by atoms with E-state index in [-0.39, 0.29) is 5.82 Å². The summed E-state index contributed by atoms with van der Waals surface area (Å²) in [6, 6.07) is 11.0. The molecule has 0 atom stereocenters. The molecular formula is C19H15FN4OS2. The van der Waals surface area contributed by atoms with Crippen molar-refractivity contribution in [3.63, 3.8) is 0 Å². The highest BCUT2D eigenvalue weighted by Gasteiger charge is 2.31. The van der Waals surface area contributed by atoms with Gasteiger partial charge in [-0.15, -0.1) is 21.5 Å². The Morgan fingerprint density at radius 1 is 1.19 bits per heavy atom. The van der Waals surface area contributed by atoms with E-state index in [9.17, 15) is 4.39 Å². The summed E-state index contributed by atoms with van der Waals surface area (Å²) in [4.78, 5) is 5.55. The summed E-state index contributed by atoms with van der Waals surface area (Å²) in [6.07, 6.45) is 3.82. The molecule has 3 heterocycles. The summed E-state index contributed by atoms with van der Waals surface area (Å²) in [5.74, 6) is 1.58. The molecule has 0 saturated heterocycles. The van der Waals surface area contributed by atoms with E-state index in [0.29, 0.717) is 29.1 Å². The number of thiophene rings is 1. The highest BCUT2D eigenvalue weighted by molar-refractivity contribution is 7.98. The number of thioether (sulfide) groups is 1. The van der Waals surface area contributed by atoms with Crippen LogP contribution in [0.2, 0.25) is 0 Å². The molecule has 3 aromatic heterocycles. The molecule has 5 rings (SSSR count). The van der Waals surface area contributed by atoms with Crippen LogP contribution in [0.5, 0.6) is 0 Å². The Morgan fingerprint density at radius 2 is 2.07 bits per heavy atom. The summed E-state index contributed by atoms with van der Waals surface area (Å²) in [5.41, 5.74) is 1.34. The monoisotopic (exact) mass is 398 g/mol. The van der Waals surface area contributed by atoms with Gasteiger partial charge >= 0.3 is 0 Å². The van der Waals surface area contributed by atoms with Gasteiger partial charge in [0, 0.05) is 11.8 Å². The Hall–Kier alpha value is -2.45. The first-order chi connectivity index (χ1) is 13.3. The van der Waals surface area contributed by atoms with Crippen LogP contribution in [0.25, 0.3) is 22.2 Å². The van der Waals surface area contributed by atoms with Gasteiger partial charge in [0.15, 0.2) is 11.0 Å². The average Bonchev–Trinajstić information content (AvgIpc) is 3.10. The topological polar surface area (TPSA) is 56.7 Å². The number of hydrogen-bond donors (Lipinski definition) is 0. The summed E-state index contributed by atoms with van der Waals surface area (Å²) in [7, 11) is 0. The van der Waals surface area contributed by atoms with E-state index < -0.39 is 0 Å². The summed E-state index contributed by atoms with van der Waals surface area (Å²) >= 11 is 3.14. The van der Waals surface area contributed by atoms with Gasteiger partial charge in [-0.1, -0.05) is 30.0 Å². The average molecular weight is 398 g/mol. The first kappa shape index (κ1) is 16.7. The van der Waals surface area contributed by atoms with Crippen molar-refractivity contribution in [3.05, 3.63) is 59.6 Å². The Morgan fingerprint density at radius 3 is 2.85 bits per heavy atom. The maximum Gasteiger partial charge on any atom is 0.236 e. The Kier molecular flexibility index (Phi) is 4.29. The van der Waals surface area contributed by atoms with E-state index in [0.717, 1.165) is 28.6 Å². The number of aromatic nitrogens is 4. The van der Waals surface area contributed by atoms with E-state index in [1.807, 2.05) is 23.6 Å². The standard InChI is InChI=1S/C19H15FN4OS2/c20-15-5-2-1-4-14(15)17-22-23-19(24(17)13-7-8-13)27-11-12-10-25-18(21-12)16-6-3-9-26-16/h1-6,9-10,13H,7-8,11H2. The molecular weight excluding hydrogens is 383 g/mol. The van der Waals surface area contributed by atoms with Crippen molar-refractivity contribution in [3.8, 4) is 22.2 Å². The van der Waals surface area contributed by atoms with Crippen LogP contribution in [0.15, 0.2) is 57.6 Å². The van der Waals surface area contributed by atoms with Crippen LogP contribution in [0.3, 0.4) is 0 Å². The lowest BCUT2D eigenvalue weighted by Gasteiger charge is -2.08. The van der Waals surface area contributed by atoms with Crippen molar-refractivity contribution in [2.45, 2.75) is 29.8 Å². The fourth-order valence-corrected chi connectivity index (χ4v) is 4.43. The molecule has 0 unspecified atom stereocenters. The number of hydrogen-bond acceptors (Lipinski definition) is 6. The molecule has 0 radical (unpaired) electrons. The van der Waals surface area contributed by atoms with Crippen LogP contribution in [0.1, 0.15) is 24.6 Å². The minimum absolute atomic E-state index is 0.277. The van der Waals surface area contributed by atoms with E-state index in [2.05, 4.69) is 19.7 Å². The predicted octanol–water partition coefficient (Wildman–Crippen LogP) is 5.43. The minimum atomic E-state index is -0.277. The first-order valence-corrected chi connectivity index (χ1v) is 10.5. The molecule has 136 valence electrons. The molecule has 4 aromatic rings. The maximum atomic E-state index is 14.2. The van der Waals surface area contributed by atoms with Crippen LogP contribution in [0.4, 0.5) is 4.39 Å². The molecule has 5 nitrogen and oxygen atoms in total. The number of nitrogens with zero attached hydrogens (tertiary/aromatic N) is 4. The van der Waals surface area contributed by atoms with E-state index in [4.69, 9.17) is 4.42 Å². The Balaban J connectivity index is 1.39. The van der Waals surface area contributed by atoms with Crippen LogP contribution >= 0.6 is 23.1 Å². The fourth-order valence-electron chi connectivity index (χ4n) is 2.89. The fraction of sp³-hybridized carbons (Fsp3) is 0.211. The molecule has 1 saturated carbocycles. The van der Waals surface area contributed by atoms with Gasteiger partial charge in [0.25, 0.3) is 0 Å². The molecule has 8 heteroatoms. The molecule has 1 fully saturated rings. The summed E-state index contributed by atoms with van der Waals surface area (Å²) < 4.78 is 21.9. The molecule has 1 aliphatic carbocycles. The summed E-state index contributed by atoms with van der Waals surface area (Å²) in [5, 5.41) is 11.4. The molecule has 0 aliphatic heterocycles. The second kappa shape index (κ2) is 6.94. The van der Waals surface area contributed by atoms with E-state index in [1.54, 1.807) is 41.5 Å². The zero-order chi connectivity index (χ0) is 18.2. The quantitative estimate of drug-likeness (QED) is 0.406. The van der Waals surface area contributed by atoms with Gasteiger partial charge < -0.3 is 4.42 Å². The number of rotatable bonds is 6. The van der Waals surface area contributed by atoms with Gasteiger partial charge in [-0.05, 0) is 36.4 Å². The van der Waals surface area contributed by atoms with E-state index in [1.165, 1.54) is 6.07 Å². The highest BCUT2D eigenvalue weighted by Crippen LogP contribution is 2.41. The lowest BCUT2D eigenvalue weighted by molar-refractivity contribution is 0.575. The normalized spacial score (nSPS) is 14.0. The number of oxazole rings is 1. The SMILES string of the molecule is Fc1ccccc1-c1nnc(SCc2coc(-c3cccs3)n2)n1C1CC1. The van der Waals surface area contributed by atoms with E-state index >= 15 is 0 Å². The largest absolute Gasteiger partial charge is 0.444 e. The second-order valence-electron chi connectivity index (χ2n) is 6.30. The zero-order valence-electron chi connectivity index (χ0n) is 14.2. The van der Waals surface area contributed by atoms with Gasteiger partial charge in [-0.25, -0.2) is 9.37 Å². The predicted molar refractivity (Wildman–Crippen MR) is 103 cm³/mol. The number of benzene rings is 1. The van der Waals surface area contributed by atoms with Crippen LogP contribution in [0, 0.1) is 5.82 Å². The minimum Gasteiger partial charge on any atom is -0.444 e.